The second-order valence-corrected chi connectivity index (χ2v) is 6.57. The van der Waals surface area contributed by atoms with E-state index >= 15 is 0 Å². The Bertz CT molecular complexity index is 738. The number of thiocarbonyl (C=S) groups is 1. The minimum absolute atomic E-state index is 0.193. The molecule has 0 bridgehead atoms. The predicted octanol–water partition coefficient (Wildman–Crippen LogP) is 4.94. The number of hydrogen-bond donors (Lipinski definition) is 2. The summed E-state index contributed by atoms with van der Waals surface area (Å²) in [6.07, 6.45) is 1.11. The van der Waals surface area contributed by atoms with E-state index < -0.39 is 0 Å². The fourth-order valence-corrected chi connectivity index (χ4v) is 2.74. The molecule has 0 fully saturated rings. The second-order valence-electron chi connectivity index (χ2n) is 6.16. The van der Waals surface area contributed by atoms with Crippen LogP contribution in [-0.4, -0.2) is 11.0 Å². The van der Waals surface area contributed by atoms with Crippen LogP contribution in [0.3, 0.4) is 0 Å². The number of amides is 1. The molecule has 4 heteroatoms. The lowest BCUT2D eigenvalue weighted by molar-refractivity contribution is 0.0977. The Hall–Kier alpha value is -2.20. The first-order valence-corrected chi connectivity index (χ1v) is 8.61. The quantitative estimate of drug-likeness (QED) is 0.774. The van der Waals surface area contributed by atoms with Gasteiger partial charge < -0.3 is 5.32 Å². The SMILES string of the molecule is CCC(C)c1ccc(NC(=S)NC(=O)c2ccc(C)cc2C)cc1. The van der Waals surface area contributed by atoms with Crippen molar-refractivity contribution in [1.29, 1.82) is 0 Å². The van der Waals surface area contributed by atoms with E-state index in [1.165, 1.54) is 5.56 Å². The largest absolute Gasteiger partial charge is 0.332 e. The lowest BCUT2D eigenvalue weighted by atomic mass is 9.99. The van der Waals surface area contributed by atoms with Gasteiger partial charge in [0.1, 0.15) is 0 Å². The zero-order chi connectivity index (χ0) is 17.7. The molecule has 2 aromatic carbocycles. The Morgan fingerprint density at radius 1 is 1.12 bits per heavy atom. The molecule has 126 valence electrons. The van der Waals surface area contributed by atoms with Crippen LogP contribution in [0.4, 0.5) is 5.69 Å². The van der Waals surface area contributed by atoms with Gasteiger partial charge in [0, 0.05) is 11.3 Å². The van der Waals surface area contributed by atoms with E-state index in [1.807, 2.05) is 44.2 Å². The summed E-state index contributed by atoms with van der Waals surface area (Å²) in [5.74, 6) is 0.344. The van der Waals surface area contributed by atoms with Gasteiger partial charge in [0.15, 0.2) is 5.11 Å². The monoisotopic (exact) mass is 340 g/mol. The molecular formula is C20H24N2OS. The number of aryl methyl sites for hydroxylation is 2. The summed E-state index contributed by atoms with van der Waals surface area (Å²) in [5.41, 5.74) is 4.87. The van der Waals surface area contributed by atoms with Crippen LogP contribution in [0.1, 0.15) is 53.2 Å². The molecular weight excluding hydrogens is 316 g/mol. The smallest absolute Gasteiger partial charge is 0.257 e. The van der Waals surface area contributed by atoms with Gasteiger partial charge in [-0.2, -0.15) is 0 Å². The Morgan fingerprint density at radius 3 is 2.38 bits per heavy atom. The van der Waals surface area contributed by atoms with Gasteiger partial charge in [-0.05, 0) is 67.7 Å². The van der Waals surface area contributed by atoms with Crippen molar-refractivity contribution < 1.29 is 4.79 Å². The van der Waals surface area contributed by atoms with Crippen molar-refractivity contribution in [2.24, 2.45) is 0 Å². The van der Waals surface area contributed by atoms with Gasteiger partial charge in [-0.25, -0.2) is 0 Å². The van der Waals surface area contributed by atoms with E-state index in [-0.39, 0.29) is 5.91 Å². The maximum atomic E-state index is 12.3. The van der Waals surface area contributed by atoms with E-state index in [4.69, 9.17) is 12.2 Å². The zero-order valence-corrected chi connectivity index (χ0v) is 15.5. The number of rotatable bonds is 4. The number of hydrogen-bond acceptors (Lipinski definition) is 2. The standard InChI is InChI=1S/C20H24N2OS/c1-5-14(3)16-7-9-17(10-8-16)21-20(24)22-19(23)18-11-6-13(2)12-15(18)4/h6-12,14H,5H2,1-4H3,(H2,21,22,23,24). The van der Waals surface area contributed by atoms with Crippen molar-refractivity contribution in [3.63, 3.8) is 0 Å². The van der Waals surface area contributed by atoms with Crippen molar-refractivity contribution in [2.75, 3.05) is 5.32 Å². The van der Waals surface area contributed by atoms with E-state index in [0.29, 0.717) is 16.6 Å². The van der Waals surface area contributed by atoms with Crippen molar-refractivity contribution in [3.8, 4) is 0 Å². The summed E-state index contributed by atoms with van der Waals surface area (Å²) in [6.45, 7) is 8.31. The van der Waals surface area contributed by atoms with Crippen LogP contribution < -0.4 is 10.6 Å². The first-order valence-electron chi connectivity index (χ1n) is 8.20. The highest BCUT2D eigenvalue weighted by Gasteiger charge is 2.11. The third kappa shape index (κ3) is 4.65. The molecule has 1 atom stereocenters. The number of benzene rings is 2. The van der Waals surface area contributed by atoms with Gasteiger partial charge in [-0.15, -0.1) is 0 Å². The molecule has 0 aromatic heterocycles. The van der Waals surface area contributed by atoms with Crippen LogP contribution in [0, 0.1) is 13.8 Å². The normalized spacial score (nSPS) is 11.7. The molecule has 3 nitrogen and oxygen atoms in total. The number of carbonyl (C=O) groups is 1. The van der Waals surface area contributed by atoms with Crippen molar-refractivity contribution >= 4 is 28.9 Å². The summed E-state index contributed by atoms with van der Waals surface area (Å²) in [7, 11) is 0. The highest BCUT2D eigenvalue weighted by atomic mass is 32.1. The fourth-order valence-electron chi connectivity index (χ4n) is 2.53. The first-order chi connectivity index (χ1) is 11.4. The van der Waals surface area contributed by atoms with Crippen LogP contribution in [0.15, 0.2) is 42.5 Å². The van der Waals surface area contributed by atoms with Crippen LogP contribution in [0.5, 0.6) is 0 Å². The molecule has 0 aliphatic rings. The third-order valence-corrected chi connectivity index (χ3v) is 4.41. The fraction of sp³-hybridized carbons (Fsp3) is 0.300. The molecule has 0 aliphatic carbocycles. The topological polar surface area (TPSA) is 41.1 Å². The predicted molar refractivity (Wildman–Crippen MR) is 105 cm³/mol. The minimum Gasteiger partial charge on any atom is -0.332 e. The van der Waals surface area contributed by atoms with Gasteiger partial charge >= 0.3 is 0 Å². The van der Waals surface area contributed by atoms with Gasteiger partial charge in [-0.1, -0.05) is 43.7 Å². The molecule has 0 saturated heterocycles. The van der Waals surface area contributed by atoms with Gasteiger partial charge in [0.25, 0.3) is 5.91 Å². The lowest BCUT2D eigenvalue weighted by Gasteiger charge is -2.13. The summed E-state index contributed by atoms with van der Waals surface area (Å²) in [4.78, 5) is 12.3. The average molecular weight is 340 g/mol. The van der Waals surface area contributed by atoms with E-state index in [0.717, 1.165) is 23.2 Å². The van der Waals surface area contributed by atoms with Crippen molar-refractivity contribution in [2.45, 2.75) is 40.0 Å². The summed E-state index contributed by atoms with van der Waals surface area (Å²) in [6, 6.07) is 13.9. The lowest BCUT2D eigenvalue weighted by Crippen LogP contribution is -2.34. The Morgan fingerprint density at radius 2 is 1.79 bits per heavy atom. The number of carbonyl (C=O) groups excluding carboxylic acids is 1. The first kappa shape index (κ1) is 18.1. The molecule has 0 saturated carbocycles. The average Bonchev–Trinajstić information content (AvgIpc) is 2.54. The summed E-state index contributed by atoms with van der Waals surface area (Å²) >= 11 is 5.25. The molecule has 24 heavy (non-hydrogen) atoms. The minimum atomic E-state index is -0.193. The van der Waals surface area contributed by atoms with Crippen molar-refractivity contribution in [1.82, 2.24) is 5.32 Å². The second kappa shape index (κ2) is 8.06. The molecule has 2 aromatic rings. The maximum absolute atomic E-state index is 12.3. The molecule has 2 rings (SSSR count). The number of anilines is 1. The molecule has 0 heterocycles. The Balaban J connectivity index is 1.98. The van der Waals surface area contributed by atoms with E-state index in [2.05, 4.69) is 36.6 Å². The van der Waals surface area contributed by atoms with Crippen LogP contribution in [0.25, 0.3) is 0 Å². The Kier molecular flexibility index (Phi) is 6.10. The number of nitrogens with one attached hydrogen (secondary N) is 2. The highest BCUT2D eigenvalue weighted by molar-refractivity contribution is 7.80. The van der Waals surface area contributed by atoms with Gasteiger partial charge in [-0.3, -0.25) is 10.1 Å². The summed E-state index contributed by atoms with van der Waals surface area (Å²) < 4.78 is 0. The summed E-state index contributed by atoms with van der Waals surface area (Å²) in [5, 5.41) is 6.09. The van der Waals surface area contributed by atoms with Crippen LogP contribution in [-0.2, 0) is 0 Å². The Labute approximate surface area is 149 Å². The molecule has 0 spiro atoms. The van der Waals surface area contributed by atoms with E-state index in [9.17, 15) is 4.79 Å². The van der Waals surface area contributed by atoms with Gasteiger partial charge in [0.05, 0.1) is 0 Å². The maximum Gasteiger partial charge on any atom is 0.257 e. The van der Waals surface area contributed by atoms with Gasteiger partial charge in [0.2, 0.25) is 0 Å². The molecule has 1 unspecified atom stereocenters. The highest BCUT2D eigenvalue weighted by Crippen LogP contribution is 2.20. The zero-order valence-electron chi connectivity index (χ0n) is 14.6. The molecule has 1 amide bonds. The third-order valence-electron chi connectivity index (χ3n) is 4.20. The van der Waals surface area contributed by atoms with E-state index in [1.54, 1.807) is 0 Å². The van der Waals surface area contributed by atoms with Crippen LogP contribution in [0.2, 0.25) is 0 Å². The van der Waals surface area contributed by atoms with Crippen LogP contribution >= 0.6 is 12.2 Å². The molecule has 0 radical (unpaired) electrons. The molecule has 0 aliphatic heterocycles. The molecule has 2 N–H and O–H groups in total. The van der Waals surface area contributed by atoms with Crippen molar-refractivity contribution in [3.05, 3.63) is 64.7 Å².